The summed E-state index contributed by atoms with van der Waals surface area (Å²) in [6.45, 7) is 1.13. The number of phenols is 1. The van der Waals surface area contributed by atoms with Gasteiger partial charge in [-0.3, -0.25) is 4.79 Å². The first-order valence-electron chi connectivity index (χ1n) is 4.29. The van der Waals surface area contributed by atoms with Gasteiger partial charge < -0.3 is 10.4 Å². The maximum atomic E-state index is 11.7. The first kappa shape index (κ1) is 10.5. The maximum Gasteiger partial charge on any atom is 0.251 e. The summed E-state index contributed by atoms with van der Waals surface area (Å²) in [6, 6.07) is 4.59. The van der Waals surface area contributed by atoms with Crippen LogP contribution in [0.1, 0.15) is 15.9 Å². The molecule has 4 heteroatoms. The Bertz CT molecular complexity index is 339. The molecule has 0 heterocycles. The van der Waals surface area contributed by atoms with Crippen LogP contribution in [-0.2, 0) is 0 Å². The van der Waals surface area contributed by atoms with E-state index in [0.717, 1.165) is 0 Å². The zero-order valence-electron chi connectivity index (χ0n) is 7.88. The third-order valence-corrected chi connectivity index (χ3v) is 1.85. The zero-order chi connectivity index (χ0) is 10.6. The maximum absolute atomic E-state index is 11.7. The Morgan fingerprint density at radius 3 is 2.86 bits per heavy atom. The predicted octanol–water partition coefficient (Wildman–Crippen LogP) is 1.40. The summed E-state index contributed by atoms with van der Waals surface area (Å²) in [5.74, 6) is -0.309. The average molecular weight is 197 g/mol. The number of rotatable bonds is 3. The molecule has 0 radical (unpaired) electrons. The molecular formula is C10H12FNO2. The number of phenolic OH excluding ortho intramolecular Hbond substituents is 1. The van der Waals surface area contributed by atoms with Crippen LogP contribution in [0.5, 0.6) is 5.75 Å². The summed E-state index contributed by atoms with van der Waals surface area (Å²) in [5.41, 5.74) is 1.04. The van der Waals surface area contributed by atoms with Gasteiger partial charge in [0.15, 0.2) is 0 Å². The third-order valence-electron chi connectivity index (χ3n) is 1.85. The second-order valence-electron chi connectivity index (χ2n) is 2.95. The predicted molar refractivity (Wildman–Crippen MR) is 51.2 cm³/mol. The van der Waals surface area contributed by atoms with E-state index in [0.29, 0.717) is 11.1 Å². The number of hydrogen-bond acceptors (Lipinski definition) is 2. The van der Waals surface area contributed by atoms with Crippen molar-refractivity contribution in [2.45, 2.75) is 6.92 Å². The number of nitrogens with one attached hydrogen (secondary N) is 1. The summed E-state index contributed by atoms with van der Waals surface area (Å²) >= 11 is 0. The van der Waals surface area contributed by atoms with Gasteiger partial charge in [0.05, 0.1) is 0 Å². The zero-order valence-corrected chi connectivity index (χ0v) is 7.88. The largest absolute Gasteiger partial charge is 0.508 e. The molecule has 3 nitrogen and oxygen atoms in total. The molecule has 76 valence electrons. The van der Waals surface area contributed by atoms with E-state index in [1.165, 1.54) is 6.07 Å². The number of carbonyl (C=O) groups is 1. The Balaban J connectivity index is 2.76. The highest BCUT2D eigenvalue weighted by Gasteiger charge is 2.06. The first-order valence-corrected chi connectivity index (χ1v) is 4.29. The second-order valence-corrected chi connectivity index (χ2v) is 2.95. The van der Waals surface area contributed by atoms with Crippen molar-refractivity contribution in [1.29, 1.82) is 0 Å². The molecule has 0 aromatic heterocycles. The van der Waals surface area contributed by atoms with Gasteiger partial charge in [-0.05, 0) is 24.6 Å². The molecule has 1 rings (SSSR count). The lowest BCUT2D eigenvalue weighted by Crippen LogP contribution is -2.25. The molecule has 0 spiro atoms. The monoisotopic (exact) mass is 197 g/mol. The van der Waals surface area contributed by atoms with Gasteiger partial charge >= 0.3 is 0 Å². The highest BCUT2D eigenvalue weighted by atomic mass is 19.1. The molecule has 0 fully saturated rings. The number of carbonyl (C=O) groups excluding carboxylic acids is 1. The molecule has 0 aliphatic heterocycles. The Morgan fingerprint density at radius 2 is 2.29 bits per heavy atom. The van der Waals surface area contributed by atoms with E-state index < -0.39 is 6.67 Å². The lowest BCUT2D eigenvalue weighted by molar-refractivity contribution is 0.0950. The normalized spacial score (nSPS) is 9.86. The van der Waals surface area contributed by atoms with E-state index in [2.05, 4.69) is 5.32 Å². The van der Waals surface area contributed by atoms with Crippen LogP contribution in [0.25, 0.3) is 0 Å². The fourth-order valence-electron chi connectivity index (χ4n) is 1.01. The third kappa shape index (κ3) is 2.45. The molecule has 1 amide bonds. The fraction of sp³-hybridized carbons (Fsp3) is 0.300. The molecule has 0 unspecified atom stereocenters. The van der Waals surface area contributed by atoms with Crippen molar-refractivity contribution < 1.29 is 14.3 Å². The number of aryl methyl sites for hydroxylation is 1. The van der Waals surface area contributed by atoms with Crippen molar-refractivity contribution in [3.05, 3.63) is 29.3 Å². The summed E-state index contributed by atoms with van der Waals surface area (Å²) in [5, 5.41) is 11.7. The second kappa shape index (κ2) is 4.60. The molecule has 1 aromatic rings. The summed E-state index contributed by atoms with van der Waals surface area (Å²) in [6.07, 6.45) is 0. The molecule has 0 saturated carbocycles. The van der Waals surface area contributed by atoms with Gasteiger partial charge in [-0.2, -0.15) is 0 Å². The Kier molecular flexibility index (Phi) is 3.45. The van der Waals surface area contributed by atoms with Gasteiger partial charge in [-0.15, -0.1) is 0 Å². The van der Waals surface area contributed by atoms with E-state index in [9.17, 15) is 14.3 Å². The van der Waals surface area contributed by atoms with Crippen molar-refractivity contribution in [2.24, 2.45) is 0 Å². The van der Waals surface area contributed by atoms with E-state index in [1.807, 2.05) is 0 Å². The number of amides is 1. The van der Waals surface area contributed by atoms with Crippen LogP contribution in [0.4, 0.5) is 4.39 Å². The van der Waals surface area contributed by atoms with Crippen LogP contribution in [0.15, 0.2) is 18.2 Å². The number of halogens is 1. The van der Waals surface area contributed by atoms with E-state index in [-0.39, 0.29) is 18.2 Å². The summed E-state index contributed by atoms with van der Waals surface area (Å²) in [7, 11) is 0. The standard InChI is InChI=1S/C10H12FNO2/c1-7-2-3-8(6-9(7)13)10(14)12-5-4-11/h2-3,6,13H,4-5H2,1H3,(H,12,14). The molecule has 2 N–H and O–H groups in total. The molecular weight excluding hydrogens is 185 g/mol. The molecule has 1 aromatic carbocycles. The number of benzene rings is 1. The van der Waals surface area contributed by atoms with Gasteiger partial charge in [0, 0.05) is 12.1 Å². The lowest BCUT2D eigenvalue weighted by atomic mass is 10.1. The smallest absolute Gasteiger partial charge is 0.251 e. The van der Waals surface area contributed by atoms with Gasteiger partial charge in [0.1, 0.15) is 12.4 Å². The number of alkyl halides is 1. The first-order chi connectivity index (χ1) is 6.65. The van der Waals surface area contributed by atoms with Gasteiger partial charge in [-0.25, -0.2) is 4.39 Å². The summed E-state index contributed by atoms with van der Waals surface area (Å²) in [4.78, 5) is 11.3. The van der Waals surface area contributed by atoms with Crippen molar-refractivity contribution in [1.82, 2.24) is 5.32 Å². The molecule has 0 aliphatic rings. The minimum atomic E-state index is -0.594. The molecule has 0 aliphatic carbocycles. The topological polar surface area (TPSA) is 49.3 Å². The Hall–Kier alpha value is -1.58. The minimum Gasteiger partial charge on any atom is -0.508 e. The van der Waals surface area contributed by atoms with Crippen LogP contribution in [0.3, 0.4) is 0 Å². The molecule has 0 atom stereocenters. The van der Waals surface area contributed by atoms with Gasteiger partial charge in [-0.1, -0.05) is 6.07 Å². The van der Waals surface area contributed by atoms with Gasteiger partial charge in [0.2, 0.25) is 0 Å². The van der Waals surface area contributed by atoms with Crippen LogP contribution in [-0.4, -0.2) is 24.2 Å². The molecule has 14 heavy (non-hydrogen) atoms. The van der Waals surface area contributed by atoms with Crippen molar-refractivity contribution in [3.63, 3.8) is 0 Å². The quantitative estimate of drug-likeness (QED) is 0.769. The van der Waals surface area contributed by atoms with Crippen molar-refractivity contribution in [2.75, 3.05) is 13.2 Å². The highest BCUT2D eigenvalue weighted by molar-refractivity contribution is 5.94. The molecule has 0 saturated heterocycles. The van der Waals surface area contributed by atoms with Crippen LogP contribution in [0, 0.1) is 6.92 Å². The number of aromatic hydroxyl groups is 1. The highest BCUT2D eigenvalue weighted by Crippen LogP contribution is 2.17. The van der Waals surface area contributed by atoms with E-state index >= 15 is 0 Å². The van der Waals surface area contributed by atoms with Crippen LogP contribution in [0.2, 0.25) is 0 Å². The molecule has 0 bridgehead atoms. The lowest BCUT2D eigenvalue weighted by Gasteiger charge is -2.04. The van der Waals surface area contributed by atoms with Crippen LogP contribution >= 0.6 is 0 Å². The SMILES string of the molecule is Cc1ccc(C(=O)NCCF)cc1O. The summed E-state index contributed by atoms with van der Waals surface area (Å²) < 4.78 is 11.7. The average Bonchev–Trinajstić information content (AvgIpc) is 2.18. The minimum absolute atomic E-state index is 0.00648. The Morgan fingerprint density at radius 1 is 1.57 bits per heavy atom. The van der Waals surface area contributed by atoms with E-state index in [1.54, 1.807) is 19.1 Å². The Labute approximate surface area is 81.6 Å². The fourth-order valence-corrected chi connectivity index (χ4v) is 1.01. The van der Waals surface area contributed by atoms with Crippen molar-refractivity contribution >= 4 is 5.91 Å². The number of hydrogen-bond donors (Lipinski definition) is 2. The van der Waals surface area contributed by atoms with Crippen LogP contribution < -0.4 is 5.32 Å². The van der Waals surface area contributed by atoms with Crippen molar-refractivity contribution in [3.8, 4) is 5.75 Å². The van der Waals surface area contributed by atoms with E-state index in [4.69, 9.17) is 0 Å². The van der Waals surface area contributed by atoms with Gasteiger partial charge in [0.25, 0.3) is 5.91 Å².